The fourth-order valence-electron chi connectivity index (χ4n) is 2.11. The molecule has 0 spiro atoms. The predicted molar refractivity (Wildman–Crippen MR) is 85.4 cm³/mol. The van der Waals surface area contributed by atoms with Crippen LogP contribution in [0.1, 0.15) is 31.9 Å². The van der Waals surface area contributed by atoms with Crippen LogP contribution in [0.5, 0.6) is 5.75 Å². The molecule has 2 aromatic rings. The summed E-state index contributed by atoms with van der Waals surface area (Å²) in [6, 6.07) is 16.8. The summed E-state index contributed by atoms with van der Waals surface area (Å²) < 4.78 is 5.72. The minimum absolute atomic E-state index is 0.208. The fourth-order valence-corrected chi connectivity index (χ4v) is 2.11. The van der Waals surface area contributed by atoms with Crippen LogP contribution in [0.15, 0.2) is 48.5 Å². The smallest absolute Gasteiger partial charge is 0.120 e. The van der Waals surface area contributed by atoms with E-state index in [1.807, 2.05) is 26.0 Å². The summed E-state index contributed by atoms with van der Waals surface area (Å²) in [4.78, 5) is 0. The molecule has 0 aliphatic carbocycles. The normalized spacial score (nSPS) is 10.6. The van der Waals surface area contributed by atoms with Gasteiger partial charge in [0.25, 0.3) is 0 Å². The molecular weight excluding hydrogens is 246 g/mol. The molecule has 0 saturated carbocycles. The van der Waals surface area contributed by atoms with Gasteiger partial charge in [0.15, 0.2) is 0 Å². The molecule has 1 N–H and O–H groups in total. The van der Waals surface area contributed by atoms with E-state index in [-0.39, 0.29) is 6.10 Å². The molecule has 0 heterocycles. The van der Waals surface area contributed by atoms with Crippen LogP contribution < -0.4 is 10.1 Å². The molecule has 2 nitrogen and oxygen atoms in total. The first kappa shape index (κ1) is 14.4. The number of hydrogen-bond donors (Lipinski definition) is 1. The Bertz CT molecular complexity index is 549. The van der Waals surface area contributed by atoms with Crippen LogP contribution in [0.25, 0.3) is 0 Å². The number of ether oxygens (including phenoxy) is 1. The first-order chi connectivity index (χ1) is 9.67. The Kier molecular flexibility index (Phi) is 5.05. The van der Waals surface area contributed by atoms with Crippen molar-refractivity contribution < 1.29 is 4.74 Å². The van der Waals surface area contributed by atoms with Crippen molar-refractivity contribution in [1.82, 2.24) is 0 Å². The topological polar surface area (TPSA) is 21.3 Å². The quantitative estimate of drug-likeness (QED) is 0.824. The second-order valence-corrected chi connectivity index (χ2v) is 5.22. The predicted octanol–water partition coefficient (Wildman–Crippen LogP) is 4.65. The molecule has 0 radical (unpaired) electrons. The number of hydrogen-bond acceptors (Lipinski definition) is 2. The molecule has 0 amide bonds. The minimum Gasteiger partial charge on any atom is -0.491 e. The van der Waals surface area contributed by atoms with Crippen molar-refractivity contribution in [2.75, 3.05) is 5.32 Å². The molecule has 0 fully saturated rings. The highest BCUT2D eigenvalue weighted by Gasteiger charge is 2.00. The van der Waals surface area contributed by atoms with Crippen LogP contribution in [0.2, 0.25) is 0 Å². The van der Waals surface area contributed by atoms with Crippen LogP contribution in [0, 0.1) is 0 Å². The maximum absolute atomic E-state index is 5.72. The summed E-state index contributed by atoms with van der Waals surface area (Å²) in [6.45, 7) is 7.07. The molecule has 0 aliphatic rings. The Morgan fingerprint density at radius 3 is 2.50 bits per heavy atom. The Morgan fingerprint density at radius 2 is 1.75 bits per heavy atom. The Morgan fingerprint density at radius 1 is 1.00 bits per heavy atom. The molecule has 20 heavy (non-hydrogen) atoms. The van der Waals surface area contributed by atoms with E-state index in [1.165, 1.54) is 16.8 Å². The molecule has 0 aliphatic heterocycles. The van der Waals surface area contributed by atoms with E-state index in [1.54, 1.807) is 0 Å². The zero-order valence-electron chi connectivity index (χ0n) is 12.5. The SMILES string of the molecule is CCc1cccc(NCc2cccc(OC(C)C)c2)c1. The van der Waals surface area contributed by atoms with E-state index in [4.69, 9.17) is 4.74 Å². The lowest BCUT2D eigenvalue weighted by molar-refractivity contribution is 0.242. The van der Waals surface area contributed by atoms with Crippen molar-refractivity contribution in [3.63, 3.8) is 0 Å². The Labute approximate surface area is 121 Å². The lowest BCUT2D eigenvalue weighted by Crippen LogP contribution is -2.06. The van der Waals surface area contributed by atoms with Gasteiger partial charge in [0.1, 0.15) is 5.75 Å². The number of anilines is 1. The van der Waals surface area contributed by atoms with Gasteiger partial charge >= 0.3 is 0 Å². The third-order valence-corrected chi connectivity index (χ3v) is 3.10. The average molecular weight is 269 g/mol. The number of aryl methyl sites for hydroxylation is 1. The van der Waals surface area contributed by atoms with Gasteiger partial charge in [0, 0.05) is 12.2 Å². The van der Waals surface area contributed by atoms with Gasteiger partial charge in [-0.05, 0) is 55.7 Å². The molecule has 0 saturated heterocycles. The van der Waals surface area contributed by atoms with E-state index in [0.29, 0.717) is 0 Å². The van der Waals surface area contributed by atoms with Gasteiger partial charge in [-0.2, -0.15) is 0 Å². The van der Waals surface area contributed by atoms with E-state index < -0.39 is 0 Å². The maximum Gasteiger partial charge on any atom is 0.120 e. The highest BCUT2D eigenvalue weighted by atomic mass is 16.5. The molecular formula is C18H23NO. The number of rotatable bonds is 6. The maximum atomic E-state index is 5.72. The summed E-state index contributed by atoms with van der Waals surface area (Å²) in [5.74, 6) is 0.932. The summed E-state index contributed by atoms with van der Waals surface area (Å²) in [6.07, 6.45) is 1.27. The van der Waals surface area contributed by atoms with E-state index in [0.717, 1.165) is 18.7 Å². The Balaban J connectivity index is 1.99. The van der Waals surface area contributed by atoms with Crippen molar-refractivity contribution in [3.8, 4) is 5.75 Å². The average Bonchev–Trinajstić information content (AvgIpc) is 2.45. The van der Waals surface area contributed by atoms with Gasteiger partial charge in [-0.25, -0.2) is 0 Å². The van der Waals surface area contributed by atoms with Crippen molar-refractivity contribution in [1.29, 1.82) is 0 Å². The minimum atomic E-state index is 0.208. The summed E-state index contributed by atoms with van der Waals surface area (Å²) >= 11 is 0. The van der Waals surface area contributed by atoms with Gasteiger partial charge in [-0.15, -0.1) is 0 Å². The van der Waals surface area contributed by atoms with Crippen LogP contribution in [0.3, 0.4) is 0 Å². The summed E-state index contributed by atoms with van der Waals surface area (Å²) in [7, 11) is 0. The van der Waals surface area contributed by atoms with Gasteiger partial charge in [0.05, 0.1) is 6.10 Å². The molecule has 106 valence electrons. The molecule has 2 heteroatoms. The molecule has 2 rings (SSSR count). The second-order valence-electron chi connectivity index (χ2n) is 5.22. The van der Waals surface area contributed by atoms with Crippen molar-refractivity contribution in [3.05, 3.63) is 59.7 Å². The summed E-state index contributed by atoms with van der Waals surface area (Å²) in [5.41, 5.74) is 3.75. The monoisotopic (exact) mass is 269 g/mol. The third kappa shape index (κ3) is 4.30. The molecule has 2 aromatic carbocycles. The van der Waals surface area contributed by atoms with Crippen molar-refractivity contribution >= 4 is 5.69 Å². The molecule has 0 atom stereocenters. The van der Waals surface area contributed by atoms with Gasteiger partial charge in [-0.3, -0.25) is 0 Å². The second kappa shape index (κ2) is 6.99. The largest absolute Gasteiger partial charge is 0.491 e. The van der Waals surface area contributed by atoms with Crippen LogP contribution in [0.4, 0.5) is 5.69 Å². The van der Waals surface area contributed by atoms with Gasteiger partial charge in [0.2, 0.25) is 0 Å². The highest BCUT2D eigenvalue weighted by molar-refractivity contribution is 5.46. The van der Waals surface area contributed by atoms with Crippen molar-refractivity contribution in [2.45, 2.75) is 39.8 Å². The van der Waals surface area contributed by atoms with Crippen LogP contribution in [-0.2, 0) is 13.0 Å². The molecule has 0 aromatic heterocycles. The van der Waals surface area contributed by atoms with Gasteiger partial charge in [-0.1, -0.05) is 31.2 Å². The zero-order valence-corrected chi connectivity index (χ0v) is 12.5. The van der Waals surface area contributed by atoms with E-state index >= 15 is 0 Å². The van der Waals surface area contributed by atoms with E-state index in [2.05, 4.69) is 48.6 Å². The first-order valence-corrected chi connectivity index (χ1v) is 7.26. The fraction of sp³-hybridized carbons (Fsp3) is 0.333. The first-order valence-electron chi connectivity index (χ1n) is 7.26. The van der Waals surface area contributed by atoms with Gasteiger partial charge < -0.3 is 10.1 Å². The van der Waals surface area contributed by atoms with Crippen LogP contribution in [-0.4, -0.2) is 6.10 Å². The molecule has 0 unspecified atom stereocenters. The van der Waals surface area contributed by atoms with E-state index in [9.17, 15) is 0 Å². The lowest BCUT2D eigenvalue weighted by Gasteiger charge is -2.12. The standard InChI is InChI=1S/C18H23NO/c1-4-15-7-5-9-17(11-15)19-13-16-8-6-10-18(12-16)20-14(2)3/h5-12,14,19H,4,13H2,1-3H3. The van der Waals surface area contributed by atoms with Crippen LogP contribution >= 0.6 is 0 Å². The molecule has 0 bridgehead atoms. The summed E-state index contributed by atoms with van der Waals surface area (Å²) in [5, 5.41) is 3.46. The number of benzene rings is 2. The lowest BCUT2D eigenvalue weighted by atomic mass is 10.1. The Hall–Kier alpha value is -1.96. The highest BCUT2D eigenvalue weighted by Crippen LogP contribution is 2.17. The zero-order chi connectivity index (χ0) is 14.4. The third-order valence-electron chi connectivity index (χ3n) is 3.10. The van der Waals surface area contributed by atoms with Crippen molar-refractivity contribution in [2.24, 2.45) is 0 Å². The number of nitrogens with one attached hydrogen (secondary N) is 1.